The quantitative estimate of drug-likeness (QED) is 0.332. The van der Waals surface area contributed by atoms with Gasteiger partial charge in [-0.15, -0.1) is 0 Å². The van der Waals surface area contributed by atoms with E-state index in [4.69, 9.17) is 18.9 Å². The summed E-state index contributed by atoms with van der Waals surface area (Å²) in [6.45, 7) is 7.49. The first-order chi connectivity index (χ1) is 11.5. The van der Waals surface area contributed by atoms with E-state index in [0.717, 1.165) is 27.7 Å². The van der Waals surface area contributed by atoms with Crippen LogP contribution in [0.2, 0.25) is 0 Å². The molecule has 0 aromatic rings. The molecule has 0 radical (unpaired) electrons. The lowest BCUT2D eigenvalue weighted by Crippen LogP contribution is -2.57. The van der Waals surface area contributed by atoms with Crippen LogP contribution >= 0.6 is 0 Å². The van der Waals surface area contributed by atoms with Crippen molar-refractivity contribution in [3.05, 3.63) is 0 Å². The minimum atomic E-state index is -1.55. The predicted molar refractivity (Wildman–Crippen MR) is 83.2 cm³/mol. The molecule has 0 aliphatic heterocycles. The summed E-state index contributed by atoms with van der Waals surface area (Å²) >= 11 is 0. The summed E-state index contributed by atoms with van der Waals surface area (Å²) in [6, 6.07) is 0. The molecule has 0 spiro atoms. The molecule has 0 aromatic heterocycles. The van der Waals surface area contributed by atoms with E-state index in [1.807, 2.05) is 0 Å². The van der Waals surface area contributed by atoms with E-state index in [-0.39, 0.29) is 12.7 Å². The summed E-state index contributed by atoms with van der Waals surface area (Å²) < 4.78 is 20.4. The van der Waals surface area contributed by atoms with Gasteiger partial charge in [-0.3, -0.25) is 24.0 Å². The first-order valence-electron chi connectivity index (χ1n) is 7.63. The lowest BCUT2D eigenvalue weighted by Gasteiger charge is -2.40. The number of esters is 4. The average Bonchev–Trinajstić information content (AvgIpc) is 2.46. The Kier molecular flexibility index (Phi) is 8.80. The molecule has 0 fully saturated rings. The third-order valence-electron chi connectivity index (χ3n) is 3.33. The first-order valence-corrected chi connectivity index (χ1v) is 7.63. The van der Waals surface area contributed by atoms with Gasteiger partial charge in [-0.05, 0) is 13.3 Å². The molecule has 0 aromatic carbocycles. The Hall–Kier alpha value is -2.45. The minimum Gasteiger partial charge on any atom is -0.455 e. The van der Waals surface area contributed by atoms with Crippen LogP contribution in [-0.2, 0) is 42.9 Å². The van der Waals surface area contributed by atoms with Crippen molar-refractivity contribution in [1.82, 2.24) is 0 Å². The molecule has 0 saturated heterocycles. The number of aldehydes is 1. The van der Waals surface area contributed by atoms with Gasteiger partial charge in [0.25, 0.3) is 0 Å². The Morgan fingerprint density at radius 1 is 0.880 bits per heavy atom. The monoisotopic (exact) mass is 360 g/mol. The van der Waals surface area contributed by atoms with Crippen molar-refractivity contribution >= 4 is 30.2 Å². The summed E-state index contributed by atoms with van der Waals surface area (Å²) in [5.74, 6) is -3.04. The molecule has 0 saturated carbocycles. The molecule has 0 aliphatic rings. The maximum absolute atomic E-state index is 11.5. The van der Waals surface area contributed by atoms with Crippen LogP contribution in [0.3, 0.4) is 0 Å². The SMILES string of the molecule is CC[C@](C)(OC(C)=O)[C@H](OC(C)=O)[C@H](OC(C)=O)[C@H](C=O)OC(C)=O. The number of carbonyl (C=O) groups excluding carboxylic acids is 5. The van der Waals surface area contributed by atoms with Gasteiger partial charge in [0.05, 0.1) is 0 Å². The summed E-state index contributed by atoms with van der Waals surface area (Å²) in [4.78, 5) is 57.0. The molecule has 0 unspecified atom stereocenters. The normalized spacial score (nSPS) is 16.4. The maximum atomic E-state index is 11.5. The van der Waals surface area contributed by atoms with Crippen molar-refractivity contribution in [1.29, 1.82) is 0 Å². The van der Waals surface area contributed by atoms with Gasteiger partial charge in [-0.25, -0.2) is 0 Å². The summed E-state index contributed by atoms with van der Waals surface area (Å²) in [6.07, 6.45) is -4.01. The highest BCUT2D eigenvalue weighted by atomic mass is 16.6. The van der Waals surface area contributed by atoms with Crippen LogP contribution in [0.15, 0.2) is 0 Å². The zero-order valence-corrected chi connectivity index (χ0v) is 15.2. The number of rotatable bonds is 9. The van der Waals surface area contributed by atoms with Crippen molar-refractivity contribution in [3.8, 4) is 0 Å². The predicted octanol–water partition coefficient (Wildman–Crippen LogP) is 0.712. The lowest BCUT2D eigenvalue weighted by atomic mass is 9.89. The molecule has 4 atom stereocenters. The Balaban J connectivity index is 6.08. The second-order valence-electron chi connectivity index (χ2n) is 5.57. The van der Waals surface area contributed by atoms with E-state index in [9.17, 15) is 24.0 Å². The molecule has 0 bridgehead atoms. The Bertz CT molecular complexity index is 528. The van der Waals surface area contributed by atoms with Crippen LogP contribution in [0.1, 0.15) is 48.0 Å². The maximum Gasteiger partial charge on any atom is 0.303 e. The fraction of sp³-hybridized carbons (Fsp3) is 0.688. The fourth-order valence-corrected chi connectivity index (χ4v) is 2.23. The summed E-state index contributed by atoms with van der Waals surface area (Å²) in [7, 11) is 0. The summed E-state index contributed by atoms with van der Waals surface area (Å²) in [5.41, 5.74) is -1.43. The van der Waals surface area contributed by atoms with Gasteiger partial charge in [0, 0.05) is 27.7 Å². The number of hydrogen-bond donors (Lipinski definition) is 0. The van der Waals surface area contributed by atoms with Gasteiger partial charge in [0.1, 0.15) is 5.60 Å². The molecular weight excluding hydrogens is 336 g/mol. The highest BCUT2D eigenvalue weighted by Crippen LogP contribution is 2.29. The van der Waals surface area contributed by atoms with E-state index in [1.54, 1.807) is 6.92 Å². The van der Waals surface area contributed by atoms with E-state index in [2.05, 4.69) is 0 Å². The van der Waals surface area contributed by atoms with Crippen LogP contribution in [0, 0.1) is 0 Å². The third-order valence-corrected chi connectivity index (χ3v) is 3.33. The molecular formula is C16H24O9. The highest BCUT2D eigenvalue weighted by molar-refractivity contribution is 5.72. The molecule has 9 heteroatoms. The molecule has 0 amide bonds. The first kappa shape index (κ1) is 22.6. The topological polar surface area (TPSA) is 122 Å². The van der Waals surface area contributed by atoms with Crippen molar-refractivity contribution < 1.29 is 42.9 Å². The average molecular weight is 360 g/mol. The van der Waals surface area contributed by atoms with Crippen LogP contribution in [0.25, 0.3) is 0 Å². The molecule has 0 aliphatic carbocycles. The molecule has 25 heavy (non-hydrogen) atoms. The number of hydrogen-bond acceptors (Lipinski definition) is 9. The lowest BCUT2D eigenvalue weighted by molar-refractivity contribution is -0.212. The molecule has 9 nitrogen and oxygen atoms in total. The van der Waals surface area contributed by atoms with Crippen molar-refractivity contribution in [2.75, 3.05) is 0 Å². The van der Waals surface area contributed by atoms with Gasteiger partial charge in [0.15, 0.2) is 24.6 Å². The number of carbonyl (C=O) groups is 5. The van der Waals surface area contributed by atoms with Crippen molar-refractivity contribution in [2.24, 2.45) is 0 Å². The van der Waals surface area contributed by atoms with Crippen LogP contribution in [0.5, 0.6) is 0 Å². The van der Waals surface area contributed by atoms with Gasteiger partial charge >= 0.3 is 23.9 Å². The number of ether oxygens (including phenoxy) is 4. The highest BCUT2D eigenvalue weighted by Gasteiger charge is 2.49. The fourth-order valence-electron chi connectivity index (χ4n) is 2.23. The van der Waals surface area contributed by atoms with Gasteiger partial charge in [-0.2, -0.15) is 0 Å². The van der Waals surface area contributed by atoms with E-state index >= 15 is 0 Å². The van der Waals surface area contributed by atoms with Crippen molar-refractivity contribution in [3.63, 3.8) is 0 Å². The Morgan fingerprint density at radius 3 is 1.68 bits per heavy atom. The molecule has 0 heterocycles. The Morgan fingerprint density at radius 2 is 1.36 bits per heavy atom. The molecule has 0 rings (SSSR count). The molecule has 0 N–H and O–H groups in total. The van der Waals surface area contributed by atoms with E-state index in [1.165, 1.54) is 6.92 Å². The van der Waals surface area contributed by atoms with Gasteiger partial charge in [0.2, 0.25) is 0 Å². The summed E-state index contributed by atoms with van der Waals surface area (Å²) in [5, 5.41) is 0. The van der Waals surface area contributed by atoms with Crippen molar-refractivity contribution in [2.45, 2.75) is 71.9 Å². The third kappa shape index (κ3) is 7.32. The van der Waals surface area contributed by atoms with E-state index in [0.29, 0.717) is 0 Å². The van der Waals surface area contributed by atoms with Crippen LogP contribution in [-0.4, -0.2) is 54.1 Å². The van der Waals surface area contributed by atoms with Gasteiger partial charge in [-0.1, -0.05) is 6.92 Å². The van der Waals surface area contributed by atoms with Crippen LogP contribution in [0.4, 0.5) is 0 Å². The second kappa shape index (κ2) is 9.75. The largest absolute Gasteiger partial charge is 0.455 e. The smallest absolute Gasteiger partial charge is 0.303 e. The van der Waals surface area contributed by atoms with Gasteiger partial charge < -0.3 is 18.9 Å². The molecule has 142 valence electrons. The minimum absolute atomic E-state index is 0.161. The van der Waals surface area contributed by atoms with Crippen LogP contribution < -0.4 is 0 Å². The zero-order chi connectivity index (χ0) is 19.8. The Labute approximate surface area is 145 Å². The second-order valence-corrected chi connectivity index (χ2v) is 5.57. The zero-order valence-electron chi connectivity index (χ0n) is 15.2. The van der Waals surface area contributed by atoms with E-state index < -0.39 is 47.8 Å². The standard InChI is InChI=1S/C16H24O9/c1-7-16(6,25-12(5)21)15(24-11(4)20)14(23-10(3)19)13(8-17)22-9(2)18/h8,13-15H,7H2,1-6H3/t13-,14+,15+,16-/m0/s1.